The summed E-state index contributed by atoms with van der Waals surface area (Å²) in [7, 11) is 0. The minimum absolute atomic E-state index is 0.103. The fourth-order valence-electron chi connectivity index (χ4n) is 4.92. The Hall–Kier alpha value is -3.47. The maximum atomic E-state index is 13.4. The molecule has 1 amide bonds. The number of carbonyl (C=O) groups is 1. The largest absolute Gasteiger partial charge is 0.334 e. The van der Waals surface area contributed by atoms with Gasteiger partial charge in [0.15, 0.2) is 5.65 Å². The molecule has 0 spiro atoms. The average Bonchev–Trinajstić information content (AvgIpc) is 3.15. The number of aryl methyl sites for hydroxylation is 2. The minimum Gasteiger partial charge on any atom is -0.334 e. The van der Waals surface area contributed by atoms with E-state index in [1.165, 1.54) is 11.1 Å². The number of aromatic nitrogens is 3. The molecule has 162 valence electrons. The van der Waals surface area contributed by atoms with Gasteiger partial charge in [0.2, 0.25) is 5.91 Å². The molecule has 2 aromatic carbocycles. The first kappa shape index (κ1) is 20.4. The Morgan fingerprint density at radius 2 is 1.88 bits per heavy atom. The highest BCUT2D eigenvalue weighted by atomic mass is 16.2. The molecule has 1 aliphatic rings. The summed E-state index contributed by atoms with van der Waals surface area (Å²) in [6, 6.07) is 21.0. The van der Waals surface area contributed by atoms with Crippen LogP contribution in [0.1, 0.15) is 42.1 Å². The first-order chi connectivity index (χ1) is 15.6. The number of piperidine rings is 1. The third kappa shape index (κ3) is 3.79. The minimum atomic E-state index is 0.103. The van der Waals surface area contributed by atoms with Gasteiger partial charge in [0.1, 0.15) is 6.54 Å². The van der Waals surface area contributed by atoms with E-state index in [-0.39, 0.29) is 18.5 Å². The lowest BCUT2D eigenvalue weighted by Crippen LogP contribution is -2.40. The van der Waals surface area contributed by atoms with Crippen LogP contribution in [0.4, 0.5) is 0 Å². The molecule has 0 radical (unpaired) electrons. The molecule has 0 bridgehead atoms. The Balaban J connectivity index is 1.48. The van der Waals surface area contributed by atoms with Crippen molar-refractivity contribution in [3.63, 3.8) is 0 Å². The van der Waals surface area contributed by atoms with Crippen LogP contribution in [0.5, 0.6) is 0 Å². The third-order valence-electron chi connectivity index (χ3n) is 6.43. The van der Waals surface area contributed by atoms with Crippen molar-refractivity contribution in [3.05, 3.63) is 83.7 Å². The van der Waals surface area contributed by atoms with Crippen LogP contribution in [0.25, 0.3) is 22.2 Å². The van der Waals surface area contributed by atoms with Gasteiger partial charge in [-0.3, -0.25) is 4.79 Å². The molecule has 5 nitrogen and oxygen atoms in total. The van der Waals surface area contributed by atoms with Crippen LogP contribution >= 0.6 is 0 Å². The molecule has 0 N–H and O–H groups in total. The molecule has 5 rings (SSSR count). The zero-order valence-electron chi connectivity index (χ0n) is 18.7. The van der Waals surface area contributed by atoms with Crippen LogP contribution in [0, 0.1) is 13.8 Å². The van der Waals surface area contributed by atoms with E-state index in [2.05, 4.69) is 48.3 Å². The van der Waals surface area contributed by atoms with Gasteiger partial charge in [-0.05, 0) is 55.9 Å². The number of nitrogens with zero attached hydrogens (tertiary/aromatic N) is 4. The van der Waals surface area contributed by atoms with Gasteiger partial charge in [0.05, 0.1) is 11.7 Å². The molecule has 1 saturated heterocycles. The summed E-state index contributed by atoms with van der Waals surface area (Å²) in [5.74, 6) is 0.103. The van der Waals surface area contributed by atoms with E-state index in [1.807, 2.05) is 42.3 Å². The molecule has 0 aliphatic carbocycles. The number of rotatable bonds is 4. The molecule has 1 fully saturated rings. The Bertz CT molecular complexity index is 1260. The summed E-state index contributed by atoms with van der Waals surface area (Å²) in [5.41, 5.74) is 6.34. The second-order valence-electron chi connectivity index (χ2n) is 8.68. The first-order valence-electron chi connectivity index (χ1n) is 11.4. The molecule has 1 atom stereocenters. The zero-order valence-corrected chi connectivity index (χ0v) is 18.7. The van der Waals surface area contributed by atoms with Gasteiger partial charge in [0.25, 0.3) is 0 Å². The van der Waals surface area contributed by atoms with Gasteiger partial charge < -0.3 is 4.90 Å². The van der Waals surface area contributed by atoms with Gasteiger partial charge in [0, 0.05) is 18.1 Å². The SMILES string of the molecule is Cc1cccc(-c2ccnc3c2c(C)nn3CC(=O)N2CCCCC2c2ccccc2)c1. The van der Waals surface area contributed by atoms with Gasteiger partial charge >= 0.3 is 0 Å². The topological polar surface area (TPSA) is 51.0 Å². The average molecular weight is 425 g/mol. The van der Waals surface area contributed by atoms with Crippen molar-refractivity contribution < 1.29 is 4.79 Å². The number of hydrogen-bond donors (Lipinski definition) is 0. The zero-order chi connectivity index (χ0) is 22.1. The second kappa shape index (κ2) is 8.58. The summed E-state index contributed by atoms with van der Waals surface area (Å²) >= 11 is 0. The highest BCUT2D eigenvalue weighted by Gasteiger charge is 2.28. The molecule has 4 aromatic rings. The maximum absolute atomic E-state index is 13.4. The number of carbonyl (C=O) groups excluding carboxylic acids is 1. The van der Waals surface area contributed by atoms with Crippen molar-refractivity contribution in [1.29, 1.82) is 0 Å². The van der Waals surface area contributed by atoms with Gasteiger partial charge in [-0.15, -0.1) is 0 Å². The van der Waals surface area contributed by atoms with E-state index >= 15 is 0 Å². The summed E-state index contributed by atoms with van der Waals surface area (Å²) < 4.78 is 1.78. The summed E-state index contributed by atoms with van der Waals surface area (Å²) in [4.78, 5) is 20.1. The van der Waals surface area contributed by atoms with E-state index < -0.39 is 0 Å². The van der Waals surface area contributed by atoms with Crippen molar-refractivity contribution >= 4 is 16.9 Å². The molecule has 0 saturated carbocycles. The number of hydrogen-bond acceptors (Lipinski definition) is 3. The molecule has 32 heavy (non-hydrogen) atoms. The monoisotopic (exact) mass is 424 g/mol. The van der Waals surface area contributed by atoms with E-state index in [1.54, 1.807) is 4.68 Å². The highest BCUT2D eigenvalue weighted by Crippen LogP contribution is 2.32. The Morgan fingerprint density at radius 1 is 1.03 bits per heavy atom. The molecule has 5 heteroatoms. The molecular formula is C27H28N4O. The van der Waals surface area contributed by atoms with Crippen molar-refractivity contribution in [1.82, 2.24) is 19.7 Å². The lowest BCUT2D eigenvalue weighted by Gasteiger charge is -2.36. The van der Waals surface area contributed by atoms with Crippen LogP contribution in [-0.2, 0) is 11.3 Å². The summed E-state index contributed by atoms with van der Waals surface area (Å²) in [5, 5.41) is 5.76. The predicted octanol–water partition coefficient (Wildman–Crippen LogP) is 5.47. The lowest BCUT2D eigenvalue weighted by molar-refractivity contribution is -0.135. The van der Waals surface area contributed by atoms with Crippen LogP contribution in [0.15, 0.2) is 66.9 Å². The number of amides is 1. The quantitative estimate of drug-likeness (QED) is 0.437. The lowest BCUT2D eigenvalue weighted by atomic mass is 9.95. The van der Waals surface area contributed by atoms with Crippen LogP contribution in [0.2, 0.25) is 0 Å². The van der Waals surface area contributed by atoms with Crippen molar-refractivity contribution in [3.8, 4) is 11.1 Å². The van der Waals surface area contributed by atoms with Crippen molar-refractivity contribution in [2.45, 2.75) is 45.7 Å². The number of fused-ring (bicyclic) bond motifs is 1. The number of benzene rings is 2. The Morgan fingerprint density at radius 3 is 2.69 bits per heavy atom. The van der Waals surface area contributed by atoms with Gasteiger partial charge in [-0.25, -0.2) is 9.67 Å². The fourth-order valence-corrected chi connectivity index (χ4v) is 4.92. The van der Waals surface area contributed by atoms with E-state index in [0.29, 0.717) is 0 Å². The Labute approximate surface area is 188 Å². The maximum Gasteiger partial charge on any atom is 0.244 e. The molecule has 3 heterocycles. The first-order valence-corrected chi connectivity index (χ1v) is 11.4. The Kier molecular flexibility index (Phi) is 5.48. The third-order valence-corrected chi connectivity index (χ3v) is 6.43. The van der Waals surface area contributed by atoms with E-state index in [0.717, 1.165) is 53.7 Å². The van der Waals surface area contributed by atoms with E-state index in [4.69, 9.17) is 5.10 Å². The summed E-state index contributed by atoms with van der Waals surface area (Å²) in [6.45, 7) is 5.09. The van der Waals surface area contributed by atoms with Crippen LogP contribution in [-0.4, -0.2) is 32.1 Å². The van der Waals surface area contributed by atoms with Crippen molar-refractivity contribution in [2.75, 3.05) is 6.54 Å². The fraction of sp³-hybridized carbons (Fsp3) is 0.296. The van der Waals surface area contributed by atoms with Gasteiger partial charge in [-0.2, -0.15) is 5.10 Å². The molecular weight excluding hydrogens is 396 g/mol. The van der Waals surface area contributed by atoms with Crippen LogP contribution < -0.4 is 0 Å². The van der Waals surface area contributed by atoms with Crippen molar-refractivity contribution in [2.24, 2.45) is 0 Å². The molecule has 1 unspecified atom stereocenters. The van der Waals surface area contributed by atoms with E-state index in [9.17, 15) is 4.79 Å². The predicted molar refractivity (Wildman–Crippen MR) is 127 cm³/mol. The normalized spacial score (nSPS) is 16.4. The smallest absolute Gasteiger partial charge is 0.244 e. The standard InChI is InChI=1S/C27H28N4O/c1-19-9-8-12-22(17-19)23-14-15-28-27-26(23)20(2)29-31(27)18-25(32)30-16-7-6-13-24(30)21-10-4-3-5-11-21/h3-5,8-12,14-15,17,24H,6-7,13,16,18H2,1-2H3. The number of likely N-dealkylation sites (tertiary alicyclic amines) is 1. The van der Waals surface area contributed by atoms with Crippen LogP contribution in [0.3, 0.4) is 0 Å². The second-order valence-corrected chi connectivity index (χ2v) is 8.68. The molecule has 1 aliphatic heterocycles. The molecule has 2 aromatic heterocycles. The summed E-state index contributed by atoms with van der Waals surface area (Å²) in [6.07, 6.45) is 5.01. The van der Waals surface area contributed by atoms with Gasteiger partial charge in [-0.1, -0.05) is 60.2 Å². The highest BCUT2D eigenvalue weighted by molar-refractivity contribution is 5.95. The number of pyridine rings is 1.